The number of carbonyl (C=O) groups is 1. The third-order valence-corrected chi connectivity index (χ3v) is 7.20. The predicted octanol–water partition coefficient (Wildman–Crippen LogP) is 7.10. The van der Waals surface area contributed by atoms with E-state index < -0.39 is 12.3 Å². The first kappa shape index (κ1) is 25.0. The van der Waals surface area contributed by atoms with Crippen molar-refractivity contribution in [1.29, 1.82) is 0 Å². The second-order valence-electron chi connectivity index (χ2n) is 9.83. The molecule has 5 nitrogen and oxygen atoms in total. The van der Waals surface area contributed by atoms with Crippen molar-refractivity contribution < 1.29 is 23.7 Å². The summed E-state index contributed by atoms with van der Waals surface area (Å²) in [6, 6.07) is 25.3. The van der Waals surface area contributed by atoms with Crippen molar-refractivity contribution in [2.24, 2.45) is 0 Å². The van der Waals surface area contributed by atoms with E-state index in [1.165, 1.54) is 27.6 Å². The Kier molecular flexibility index (Phi) is 6.67. The van der Waals surface area contributed by atoms with Gasteiger partial charge in [-0.2, -0.15) is 0 Å². The van der Waals surface area contributed by atoms with E-state index in [-0.39, 0.29) is 6.61 Å². The standard InChI is InChI=1S/C34H30O5/c1-21(2)34(35)39-22(3)36-18-19-37-30-15-9-8-12-25(30)27-16-17-38-33-28-14-7-6-13-26(28)31-24-11-5-4-10-23(24)20-29(31)32(27)33/h4-16,22H,1,17-20H2,2-3H3. The molecule has 1 aliphatic carbocycles. The molecule has 1 aliphatic heterocycles. The van der Waals surface area contributed by atoms with E-state index in [4.69, 9.17) is 18.9 Å². The number of benzene rings is 4. The molecule has 0 amide bonds. The lowest BCUT2D eigenvalue weighted by molar-refractivity contribution is -0.171. The van der Waals surface area contributed by atoms with Gasteiger partial charge in [0.1, 0.15) is 24.7 Å². The third kappa shape index (κ3) is 4.59. The summed E-state index contributed by atoms with van der Waals surface area (Å²) in [7, 11) is 0. The fraction of sp³-hybridized carbons (Fsp3) is 0.206. The highest BCUT2D eigenvalue weighted by atomic mass is 16.7. The molecule has 0 fully saturated rings. The van der Waals surface area contributed by atoms with E-state index in [1.54, 1.807) is 13.8 Å². The van der Waals surface area contributed by atoms with Crippen molar-refractivity contribution in [3.63, 3.8) is 0 Å². The summed E-state index contributed by atoms with van der Waals surface area (Å²) in [6.07, 6.45) is 2.32. The van der Waals surface area contributed by atoms with Gasteiger partial charge in [-0.1, -0.05) is 73.3 Å². The zero-order valence-corrected chi connectivity index (χ0v) is 22.2. The van der Waals surface area contributed by atoms with Crippen LogP contribution in [-0.2, 0) is 20.7 Å². The molecule has 0 radical (unpaired) electrons. The molecule has 0 bridgehead atoms. The molecule has 1 unspecified atom stereocenters. The first-order chi connectivity index (χ1) is 19.0. The normalized spacial score (nSPS) is 13.9. The molecule has 1 atom stereocenters. The van der Waals surface area contributed by atoms with Gasteiger partial charge in [-0.25, -0.2) is 4.79 Å². The molecule has 0 aromatic heterocycles. The number of esters is 1. The van der Waals surface area contributed by atoms with Crippen LogP contribution in [0.2, 0.25) is 0 Å². The van der Waals surface area contributed by atoms with E-state index in [9.17, 15) is 4.79 Å². The van der Waals surface area contributed by atoms with Crippen LogP contribution >= 0.6 is 0 Å². The van der Waals surface area contributed by atoms with E-state index in [2.05, 4.69) is 67.3 Å². The minimum Gasteiger partial charge on any atom is -0.491 e. The van der Waals surface area contributed by atoms with Gasteiger partial charge < -0.3 is 18.9 Å². The minimum absolute atomic E-state index is 0.271. The Bertz CT molecular complexity index is 1630. The first-order valence-electron chi connectivity index (χ1n) is 13.2. The predicted molar refractivity (Wildman–Crippen MR) is 153 cm³/mol. The second-order valence-corrected chi connectivity index (χ2v) is 9.83. The zero-order chi connectivity index (χ0) is 26.9. The number of hydrogen-bond acceptors (Lipinski definition) is 5. The van der Waals surface area contributed by atoms with Gasteiger partial charge in [-0.15, -0.1) is 0 Å². The van der Waals surface area contributed by atoms with Crippen LogP contribution in [0.5, 0.6) is 11.5 Å². The average Bonchev–Trinajstić information content (AvgIpc) is 3.35. The van der Waals surface area contributed by atoms with Gasteiger partial charge in [0.15, 0.2) is 0 Å². The number of carbonyl (C=O) groups excluding carboxylic acids is 1. The van der Waals surface area contributed by atoms with Crippen LogP contribution in [0.4, 0.5) is 0 Å². The molecule has 196 valence electrons. The molecule has 0 spiro atoms. The Hall–Kier alpha value is -4.35. The number of fused-ring (bicyclic) bond motifs is 8. The van der Waals surface area contributed by atoms with E-state index in [0.717, 1.165) is 40.0 Å². The average molecular weight is 519 g/mol. The summed E-state index contributed by atoms with van der Waals surface area (Å²) in [6.45, 7) is 7.95. The van der Waals surface area contributed by atoms with Crippen molar-refractivity contribution >= 4 is 22.3 Å². The number of ether oxygens (including phenoxy) is 4. The lowest BCUT2D eigenvalue weighted by Gasteiger charge is -2.26. The Morgan fingerprint density at radius 2 is 1.64 bits per heavy atom. The molecule has 5 heteroatoms. The molecular weight excluding hydrogens is 488 g/mol. The van der Waals surface area contributed by atoms with Crippen molar-refractivity contribution in [2.75, 3.05) is 19.8 Å². The fourth-order valence-corrected chi connectivity index (χ4v) is 5.51. The Morgan fingerprint density at radius 1 is 0.923 bits per heavy atom. The minimum atomic E-state index is -0.685. The summed E-state index contributed by atoms with van der Waals surface area (Å²) in [5.41, 5.74) is 8.81. The Morgan fingerprint density at radius 3 is 2.46 bits per heavy atom. The lowest BCUT2D eigenvalue weighted by Crippen LogP contribution is -2.21. The van der Waals surface area contributed by atoms with Gasteiger partial charge >= 0.3 is 5.97 Å². The summed E-state index contributed by atoms with van der Waals surface area (Å²) < 4.78 is 23.4. The van der Waals surface area contributed by atoms with Crippen molar-refractivity contribution in [3.8, 4) is 22.6 Å². The number of rotatable bonds is 8. The second kappa shape index (κ2) is 10.4. The monoisotopic (exact) mass is 518 g/mol. The summed E-state index contributed by atoms with van der Waals surface area (Å²) in [4.78, 5) is 11.7. The van der Waals surface area contributed by atoms with Crippen LogP contribution in [0.3, 0.4) is 0 Å². The van der Waals surface area contributed by atoms with Gasteiger partial charge in [0.05, 0.1) is 6.61 Å². The van der Waals surface area contributed by atoms with Gasteiger partial charge in [0, 0.05) is 22.1 Å². The molecule has 1 heterocycles. The van der Waals surface area contributed by atoms with E-state index >= 15 is 0 Å². The molecule has 6 rings (SSSR count). The maximum absolute atomic E-state index is 11.7. The highest BCUT2D eigenvalue weighted by molar-refractivity contribution is 6.09. The van der Waals surface area contributed by atoms with E-state index in [1.807, 2.05) is 18.2 Å². The topological polar surface area (TPSA) is 54.0 Å². The van der Waals surface area contributed by atoms with Crippen LogP contribution < -0.4 is 9.47 Å². The van der Waals surface area contributed by atoms with Crippen molar-refractivity contribution in [2.45, 2.75) is 26.6 Å². The molecule has 0 saturated heterocycles. The van der Waals surface area contributed by atoms with Crippen LogP contribution in [0.1, 0.15) is 36.1 Å². The molecule has 0 saturated carbocycles. The van der Waals surface area contributed by atoms with Gasteiger partial charge in [0.2, 0.25) is 6.29 Å². The molecule has 4 aromatic carbocycles. The SMILES string of the molecule is C=C(C)C(=O)OC(C)OCCOc1ccccc1C1=CCOc2c1c1c(c3ccccc23)-c2ccccc2C1. The van der Waals surface area contributed by atoms with Crippen LogP contribution in [0.25, 0.3) is 27.5 Å². The molecule has 4 aromatic rings. The van der Waals surface area contributed by atoms with Crippen molar-refractivity contribution in [1.82, 2.24) is 0 Å². The maximum atomic E-state index is 11.7. The largest absolute Gasteiger partial charge is 0.491 e. The number of hydrogen-bond donors (Lipinski definition) is 0. The Balaban J connectivity index is 1.33. The highest BCUT2D eigenvalue weighted by Gasteiger charge is 2.31. The van der Waals surface area contributed by atoms with E-state index in [0.29, 0.717) is 18.8 Å². The lowest BCUT2D eigenvalue weighted by atomic mass is 9.85. The quantitative estimate of drug-likeness (QED) is 0.0950. The molecular formula is C34H30O5. The van der Waals surface area contributed by atoms with Crippen molar-refractivity contribution in [3.05, 3.63) is 113 Å². The summed E-state index contributed by atoms with van der Waals surface area (Å²) >= 11 is 0. The van der Waals surface area contributed by atoms with Crippen LogP contribution in [-0.4, -0.2) is 32.1 Å². The van der Waals surface area contributed by atoms with Gasteiger partial charge in [-0.3, -0.25) is 0 Å². The van der Waals surface area contributed by atoms with Crippen LogP contribution in [0, 0.1) is 0 Å². The first-order valence-corrected chi connectivity index (χ1v) is 13.2. The summed E-state index contributed by atoms with van der Waals surface area (Å²) in [5, 5.41) is 2.35. The molecule has 2 aliphatic rings. The maximum Gasteiger partial charge on any atom is 0.335 e. The van der Waals surface area contributed by atoms with Gasteiger partial charge in [-0.05, 0) is 65.6 Å². The van der Waals surface area contributed by atoms with Crippen LogP contribution in [0.15, 0.2) is 91.0 Å². The molecule has 0 N–H and O–H groups in total. The smallest absolute Gasteiger partial charge is 0.335 e. The summed E-state index contributed by atoms with van der Waals surface area (Å²) in [5.74, 6) is 1.23. The third-order valence-electron chi connectivity index (χ3n) is 7.20. The zero-order valence-electron chi connectivity index (χ0n) is 22.2. The molecule has 39 heavy (non-hydrogen) atoms. The van der Waals surface area contributed by atoms with Gasteiger partial charge in [0.25, 0.3) is 0 Å². The Labute approximate surface area is 228 Å². The number of para-hydroxylation sites is 1. The highest BCUT2D eigenvalue weighted by Crippen LogP contribution is 2.52. The fourth-order valence-electron chi connectivity index (χ4n) is 5.51.